The van der Waals surface area contributed by atoms with Gasteiger partial charge in [-0.25, -0.2) is 4.98 Å². The number of aryl methyl sites for hydroxylation is 4. The number of fused-ring (bicyclic) bond motifs is 3. The van der Waals surface area contributed by atoms with Crippen molar-refractivity contribution in [2.24, 2.45) is 5.92 Å². The standard InChI is InChI=1S/C31H31ClN4O2S2/c1-18-6-9-24-26(15-18)40-29-28(24)30(38)36(22-8-7-21(4)25(32)16-22)31(34-29)39-17-27(37)35(11-5-10-33)23-13-19(2)12-20(3)14-23/h7-8,12-14,16,18H,5-6,9,11,15,17H2,1-4H3/t18-/m1/s1. The summed E-state index contributed by atoms with van der Waals surface area (Å²) < 4.78 is 1.60. The maximum absolute atomic E-state index is 14.1. The van der Waals surface area contributed by atoms with E-state index < -0.39 is 0 Å². The Hall–Kier alpha value is -3.12. The van der Waals surface area contributed by atoms with Crippen LogP contribution in [0.15, 0.2) is 46.3 Å². The van der Waals surface area contributed by atoms with Crippen LogP contribution in [-0.4, -0.2) is 27.8 Å². The van der Waals surface area contributed by atoms with E-state index in [4.69, 9.17) is 16.6 Å². The highest BCUT2D eigenvalue weighted by Gasteiger charge is 2.26. The van der Waals surface area contributed by atoms with Crippen LogP contribution in [0.1, 0.15) is 46.9 Å². The quantitative estimate of drug-likeness (QED) is 0.168. The van der Waals surface area contributed by atoms with Crippen LogP contribution in [0.2, 0.25) is 5.02 Å². The fourth-order valence-electron chi connectivity index (χ4n) is 5.29. The first-order valence-electron chi connectivity index (χ1n) is 13.4. The van der Waals surface area contributed by atoms with E-state index in [0.717, 1.165) is 52.0 Å². The highest BCUT2D eigenvalue weighted by molar-refractivity contribution is 7.99. The van der Waals surface area contributed by atoms with Crippen LogP contribution in [0, 0.1) is 38.0 Å². The van der Waals surface area contributed by atoms with Gasteiger partial charge < -0.3 is 4.90 Å². The molecule has 1 amide bonds. The molecule has 2 heterocycles. The lowest BCUT2D eigenvalue weighted by atomic mass is 9.89. The molecular formula is C31H31ClN4O2S2. The van der Waals surface area contributed by atoms with Gasteiger partial charge in [-0.2, -0.15) is 5.26 Å². The Morgan fingerprint density at radius 1 is 1.23 bits per heavy atom. The van der Waals surface area contributed by atoms with E-state index in [2.05, 4.69) is 19.1 Å². The summed E-state index contributed by atoms with van der Waals surface area (Å²) in [6.07, 6.45) is 3.10. The van der Waals surface area contributed by atoms with Crippen molar-refractivity contribution in [1.82, 2.24) is 9.55 Å². The number of aromatic nitrogens is 2. The monoisotopic (exact) mass is 590 g/mol. The maximum Gasteiger partial charge on any atom is 0.267 e. The van der Waals surface area contributed by atoms with Gasteiger partial charge in [0.2, 0.25) is 5.91 Å². The zero-order valence-corrected chi connectivity index (χ0v) is 25.5. The number of carbonyl (C=O) groups is 1. The molecule has 0 bridgehead atoms. The van der Waals surface area contributed by atoms with Gasteiger partial charge in [-0.05, 0) is 92.5 Å². The lowest BCUT2D eigenvalue weighted by Crippen LogP contribution is -2.33. The zero-order chi connectivity index (χ0) is 28.6. The van der Waals surface area contributed by atoms with Gasteiger partial charge in [0.05, 0.1) is 29.3 Å². The number of carbonyl (C=O) groups excluding carboxylic acids is 1. The Labute approximate surface area is 247 Å². The van der Waals surface area contributed by atoms with Crippen LogP contribution in [-0.2, 0) is 17.6 Å². The minimum atomic E-state index is -0.146. The molecule has 6 nitrogen and oxygen atoms in total. The Kier molecular flexibility index (Phi) is 8.37. The van der Waals surface area contributed by atoms with E-state index in [1.807, 2.05) is 45.0 Å². The first-order chi connectivity index (χ1) is 19.2. The molecule has 0 aliphatic heterocycles. The van der Waals surface area contributed by atoms with Gasteiger partial charge >= 0.3 is 0 Å². The molecule has 2 aromatic carbocycles. The maximum atomic E-state index is 14.1. The Bertz CT molecular complexity index is 1700. The number of hydrogen-bond donors (Lipinski definition) is 0. The fourth-order valence-corrected chi connectivity index (χ4v) is 7.77. The van der Waals surface area contributed by atoms with Crippen molar-refractivity contribution < 1.29 is 4.79 Å². The van der Waals surface area contributed by atoms with E-state index in [9.17, 15) is 14.9 Å². The molecule has 5 rings (SSSR count). The van der Waals surface area contributed by atoms with Crippen molar-refractivity contribution in [3.63, 3.8) is 0 Å². The number of anilines is 1. The molecule has 4 aromatic rings. The summed E-state index contributed by atoms with van der Waals surface area (Å²) in [7, 11) is 0. The Balaban J connectivity index is 1.56. The van der Waals surface area contributed by atoms with Crippen molar-refractivity contribution in [2.45, 2.75) is 58.5 Å². The number of benzene rings is 2. The summed E-state index contributed by atoms with van der Waals surface area (Å²) in [6.45, 7) is 8.44. The predicted octanol–water partition coefficient (Wildman–Crippen LogP) is 7.19. The van der Waals surface area contributed by atoms with E-state index >= 15 is 0 Å². The number of halogens is 1. The largest absolute Gasteiger partial charge is 0.311 e. The van der Waals surface area contributed by atoms with Gasteiger partial charge in [-0.15, -0.1) is 11.3 Å². The number of thiophene rings is 1. The second-order valence-corrected chi connectivity index (χ2v) is 13.0. The van der Waals surface area contributed by atoms with E-state index in [1.165, 1.54) is 16.6 Å². The summed E-state index contributed by atoms with van der Waals surface area (Å²) in [5, 5.41) is 10.9. The van der Waals surface area contributed by atoms with Gasteiger partial charge in [0, 0.05) is 22.1 Å². The van der Waals surface area contributed by atoms with E-state index in [0.29, 0.717) is 33.7 Å². The third-order valence-electron chi connectivity index (χ3n) is 7.30. The summed E-state index contributed by atoms with van der Waals surface area (Å²) in [5.41, 5.74) is 5.40. The molecule has 0 N–H and O–H groups in total. The van der Waals surface area contributed by atoms with Gasteiger partial charge in [0.1, 0.15) is 4.83 Å². The van der Waals surface area contributed by atoms with Crippen molar-refractivity contribution in [3.05, 3.63) is 78.9 Å². The SMILES string of the molecule is Cc1cc(C)cc(N(CCC#N)C(=O)CSc2nc3sc4c(c3c(=O)n2-c2ccc(C)c(Cl)c2)CC[C@@H](C)C4)c1. The average molecular weight is 591 g/mol. The molecular weight excluding hydrogens is 560 g/mol. The van der Waals surface area contributed by atoms with Crippen LogP contribution >= 0.6 is 34.7 Å². The van der Waals surface area contributed by atoms with E-state index in [1.54, 1.807) is 26.9 Å². The Morgan fingerprint density at radius 3 is 2.67 bits per heavy atom. The van der Waals surface area contributed by atoms with Crippen LogP contribution in [0.25, 0.3) is 15.9 Å². The van der Waals surface area contributed by atoms with Crippen molar-refractivity contribution >= 4 is 56.5 Å². The van der Waals surface area contributed by atoms with Crippen LogP contribution < -0.4 is 10.5 Å². The molecule has 0 fully saturated rings. The zero-order valence-electron chi connectivity index (χ0n) is 23.1. The topological polar surface area (TPSA) is 79.0 Å². The fraction of sp³-hybridized carbons (Fsp3) is 0.355. The summed E-state index contributed by atoms with van der Waals surface area (Å²) in [4.78, 5) is 36.3. The Morgan fingerprint density at radius 2 is 1.98 bits per heavy atom. The molecule has 206 valence electrons. The number of nitriles is 1. The first kappa shape index (κ1) is 28.4. The second kappa shape index (κ2) is 11.8. The minimum absolute atomic E-state index is 0.0675. The number of amides is 1. The molecule has 9 heteroatoms. The highest BCUT2D eigenvalue weighted by Crippen LogP contribution is 2.37. The minimum Gasteiger partial charge on any atom is -0.311 e. The van der Waals surface area contributed by atoms with Gasteiger partial charge in [-0.3, -0.25) is 14.2 Å². The third kappa shape index (κ3) is 5.69. The summed E-state index contributed by atoms with van der Waals surface area (Å²) in [6, 6.07) is 13.7. The molecule has 0 radical (unpaired) electrons. The predicted molar refractivity (Wildman–Crippen MR) is 165 cm³/mol. The van der Waals surface area contributed by atoms with Gasteiger partial charge in [0.15, 0.2) is 5.16 Å². The van der Waals surface area contributed by atoms with E-state index in [-0.39, 0.29) is 23.6 Å². The van der Waals surface area contributed by atoms with Gasteiger partial charge in [0.25, 0.3) is 5.56 Å². The lowest BCUT2D eigenvalue weighted by molar-refractivity contribution is -0.116. The van der Waals surface area contributed by atoms with Crippen molar-refractivity contribution in [2.75, 3.05) is 17.2 Å². The molecule has 0 saturated heterocycles. The normalized spacial score (nSPS) is 14.7. The van der Waals surface area contributed by atoms with Crippen LogP contribution in [0.4, 0.5) is 5.69 Å². The van der Waals surface area contributed by atoms with Gasteiger partial charge in [-0.1, -0.05) is 42.4 Å². The molecule has 1 aliphatic rings. The molecule has 2 aromatic heterocycles. The number of thioether (sulfide) groups is 1. The molecule has 0 unspecified atom stereocenters. The number of hydrogen-bond acceptors (Lipinski definition) is 6. The van der Waals surface area contributed by atoms with Crippen LogP contribution in [0.3, 0.4) is 0 Å². The molecule has 0 saturated carbocycles. The summed E-state index contributed by atoms with van der Waals surface area (Å²) in [5.74, 6) is 0.500. The molecule has 0 spiro atoms. The number of nitrogens with zero attached hydrogens (tertiary/aromatic N) is 4. The second-order valence-electron chi connectivity index (χ2n) is 10.6. The first-order valence-corrected chi connectivity index (χ1v) is 15.6. The molecule has 40 heavy (non-hydrogen) atoms. The summed E-state index contributed by atoms with van der Waals surface area (Å²) >= 11 is 9.32. The lowest BCUT2D eigenvalue weighted by Gasteiger charge is -2.23. The molecule has 1 aliphatic carbocycles. The van der Waals surface area contributed by atoms with Crippen molar-refractivity contribution in [1.29, 1.82) is 5.26 Å². The third-order valence-corrected chi connectivity index (χ3v) is 9.78. The average Bonchev–Trinajstić information content (AvgIpc) is 3.26. The van der Waals surface area contributed by atoms with Crippen molar-refractivity contribution in [3.8, 4) is 11.8 Å². The number of rotatable bonds is 7. The molecule has 1 atom stereocenters. The smallest absolute Gasteiger partial charge is 0.267 e. The van der Waals surface area contributed by atoms with Crippen LogP contribution in [0.5, 0.6) is 0 Å². The highest BCUT2D eigenvalue weighted by atomic mass is 35.5.